The van der Waals surface area contributed by atoms with Crippen molar-refractivity contribution in [2.75, 3.05) is 6.54 Å². The number of benzene rings is 2. The molecule has 1 aliphatic heterocycles. The fourth-order valence-electron chi connectivity index (χ4n) is 2.62. The zero-order valence-electron chi connectivity index (χ0n) is 15.0. The Morgan fingerprint density at radius 3 is 2.57 bits per heavy atom. The number of nitrogens with zero attached hydrogens (tertiary/aromatic N) is 3. The Morgan fingerprint density at radius 1 is 1.18 bits per heavy atom. The van der Waals surface area contributed by atoms with Crippen LogP contribution in [0.25, 0.3) is 0 Å². The summed E-state index contributed by atoms with van der Waals surface area (Å²) in [6.07, 6.45) is 3.20. The number of Topliss-reactive ketones (excluding diaryl/α,β-unsaturated/α-hetero) is 1. The Labute approximate surface area is 166 Å². The molecule has 2 aromatic rings. The molecular weight excluding hydrogens is 377 g/mol. The van der Waals surface area contributed by atoms with Crippen molar-refractivity contribution >= 4 is 34.8 Å². The number of amidine groups is 1. The van der Waals surface area contributed by atoms with E-state index in [0.29, 0.717) is 10.7 Å². The van der Waals surface area contributed by atoms with Crippen molar-refractivity contribution in [1.29, 1.82) is 0 Å². The minimum atomic E-state index is -0.594. The summed E-state index contributed by atoms with van der Waals surface area (Å²) in [4.78, 5) is 26.6. The maximum atomic E-state index is 13.0. The third kappa shape index (κ3) is 4.80. The molecule has 0 radical (unpaired) electrons. The van der Waals surface area contributed by atoms with Gasteiger partial charge in [0.25, 0.3) is 0 Å². The quantitative estimate of drug-likeness (QED) is 0.309. The summed E-state index contributed by atoms with van der Waals surface area (Å²) in [6, 6.07) is 14.8. The molecule has 0 unspecified atom stereocenters. The van der Waals surface area contributed by atoms with Crippen LogP contribution in [-0.2, 0) is 4.79 Å². The van der Waals surface area contributed by atoms with Gasteiger partial charge in [-0.25, -0.2) is 4.39 Å². The topological polar surface area (TPSA) is 62.1 Å². The molecule has 1 heterocycles. The predicted octanol–water partition coefficient (Wildman–Crippen LogP) is 3.92. The van der Waals surface area contributed by atoms with Crippen molar-refractivity contribution in [3.8, 4) is 0 Å². The van der Waals surface area contributed by atoms with Gasteiger partial charge in [0.1, 0.15) is 5.82 Å². The number of hydrogen-bond donors (Lipinski definition) is 0. The molecule has 2 aromatic carbocycles. The highest BCUT2D eigenvalue weighted by Crippen LogP contribution is 2.30. The fourth-order valence-corrected chi connectivity index (χ4v) is 3.72. The highest BCUT2D eigenvalue weighted by molar-refractivity contribution is 8.15. The molecule has 1 saturated heterocycles. The summed E-state index contributed by atoms with van der Waals surface area (Å²) in [5, 5.41) is 8.05. The van der Waals surface area contributed by atoms with Crippen LogP contribution in [0, 0.1) is 5.82 Å². The molecule has 1 amide bonds. The Bertz CT molecular complexity index is 926. The second-order valence-electron chi connectivity index (χ2n) is 6.02. The number of hydrogen-bond acceptors (Lipinski definition) is 5. The molecule has 1 atom stereocenters. The monoisotopic (exact) mass is 395 g/mol. The predicted molar refractivity (Wildman–Crippen MR) is 110 cm³/mol. The fraction of sp³-hybridized carbons (Fsp3) is 0.143. The molecule has 0 aromatic heterocycles. The Balaban J connectivity index is 1.73. The molecule has 0 N–H and O–H groups in total. The van der Waals surface area contributed by atoms with Gasteiger partial charge in [-0.2, -0.15) is 5.10 Å². The molecule has 0 bridgehead atoms. The van der Waals surface area contributed by atoms with E-state index in [1.54, 1.807) is 12.3 Å². The molecule has 7 heteroatoms. The van der Waals surface area contributed by atoms with Gasteiger partial charge in [0, 0.05) is 18.5 Å². The number of carbonyl (C=O) groups excluding carboxylic acids is 2. The molecule has 0 saturated carbocycles. The zero-order valence-corrected chi connectivity index (χ0v) is 15.8. The summed E-state index contributed by atoms with van der Waals surface area (Å²) >= 11 is 1.20. The van der Waals surface area contributed by atoms with Crippen LogP contribution in [0.15, 0.2) is 77.5 Å². The number of halogens is 1. The third-order valence-corrected chi connectivity index (χ3v) is 5.18. The second kappa shape index (κ2) is 9.23. The SMILES string of the molecule is C=CCN1C(=O)[C@H](CC(=O)c2ccc(F)cc2)S/C1=N/N=C\c1ccccc1. The van der Waals surface area contributed by atoms with E-state index in [1.807, 2.05) is 30.3 Å². The minimum Gasteiger partial charge on any atom is -0.294 e. The number of ketones is 1. The van der Waals surface area contributed by atoms with Crippen molar-refractivity contribution in [2.24, 2.45) is 10.2 Å². The normalized spacial score (nSPS) is 18.2. The van der Waals surface area contributed by atoms with Crippen LogP contribution in [0.2, 0.25) is 0 Å². The summed E-state index contributed by atoms with van der Waals surface area (Å²) in [6.45, 7) is 3.95. The van der Waals surface area contributed by atoms with Gasteiger partial charge in [-0.1, -0.05) is 48.2 Å². The van der Waals surface area contributed by atoms with Crippen molar-refractivity contribution < 1.29 is 14.0 Å². The lowest BCUT2D eigenvalue weighted by molar-refractivity contribution is -0.125. The van der Waals surface area contributed by atoms with Gasteiger partial charge in [-0.05, 0) is 29.8 Å². The molecule has 1 fully saturated rings. The number of carbonyl (C=O) groups is 2. The van der Waals surface area contributed by atoms with E-state index < -0.39 is 11.1 Å². The molecule has 3 rings (SSSR count). The first-order valence-electron chi connectivity index (χ1n) is 8.62. The summed E-state index contributed by atoms with van der Waals surface area (Å²) in [5.41, 5.74) is 1.26. The standard InChI is InChI=1S/C21H18FN3O2S/c1-2-12-25-20(27)19(13-18(26)16-8-10-17(22)11-9-16)28-21(25)24-23-14-15-6-4-3-5-7-15/h2-11,14,19H,1,12-13H2/b23-14-,24-21+/t19-/m0/s1. The van der Waals surface area contributed by atoms with Crippen molar-refractivity contribution in [3.05, 3.63) is 84.2 Å². The molecule has 1 aliphatic rings. The van der Waals surface area contributed by atoms with Gasteiger partial charge >= 0.3 is 0 Å². The van der Waals surface area contributed by atoms with E-state index in [1.165, 1.54) is 40.9 Å². The average molecular weight is 395 g/mol. The smallest absolute Gasteiger partial charge is 0.242 e. The van der Waals surface area contributed by atoms with Crippen LogP contribution < -0.4 is 0 Å². The van der Waals surface area contributed by atoms with E-state index in [4.69, 9.17) is 0 Å². The zero-order chi connectivity index (χ0) is 19.9. The first-order valence-corrected chi connectivity index (χ1v) is 9.50. The van der Waals surface area contributed by atoms with Crippen LogP contribution >= 0.6 is 11.8 Å². The van der Waals surface area contributed by atoms with Crippen LogP contribution in [0.4, 0.5) is 4.39 Å². The lowest BCUT2D eigenvalue weighted by Gasteiger charge is -2.12. The minimum absolute atomic E-state index is 0.00416. The molecular formula is C21H18FN3O2S. The van der Waals surface area contributed by atoms with Gasteiger partial charge in [-0.15, -0.1) is 11.7 Å². The molecule has 0 spiro atoms. The molecule has 28 heavy (non-hydrogen) atoms. The maximum absolute atomic E-state index is 13.0. The van der Waals surface area contributed by atoms with Gasteiger partial charge in [0.05, 0.1) is 11.5 Å². The van der Waals surface area contributed by atoms with Crippen molar-refractivity contribution in [3.63, 3.8) is 0 Å². The van der Waals surface area contributed by atoms with E-state index >= 15 is 0 Å². The lowest BCUT2D eigenvalue weighted by Crippen LogP contribution is -2.32. The number of thioether (sulfide) groups is 1. The summed E-state index contributed by atoms with van der Waals surface area (Å²) in [5.74, 6) is -0.849. The molecule has 142 valence electrons. The van der Waals surface area contributed by atoms with E-state index in [9.17, 15) is 14.0 Å². The summed E-state index contributed by atoms with van der Waals surface area (Å²) in [7, 11) is 0. The van der Waals surface area contributed by atoms with Gasteiger partial charge < -0.3 is 0 Å². The third-order valence-electron chi connectivity index (χ3n) is 4.02. The average Bonchev–Trinajstić information content (AvgIpc) is 2.99. The van der Waals surface area contributed by atoms with E-state index in [2.05, 4.69) is 16.8 Å². The highest BCUT2D eigenvalue weighted by atomic mass is 32.2. The lowest BCUT2D eigenvalue weighted by atomic mass is 10.1. The molecule has 0 aliphatic carbocycles. The molecule has 5 nitrogen and oxygen atoms in total. The number of amides is 1. The van der Waals surface area contributed by atoms with E-state index in [-0.39, 0.29) is 24.7 Å². The Morgan fingerprint density at radius 2 is 1.89 bits per heavy atom. The van der Waals surface area contributed by atoms with Crippen LogP contribution in [-0.4, -0.2) is 39.8 Å². The van der Waals surface area contributed by atoms with Crippen LogP contribution in [0.5, 0.6) is 0 Å². The van der Waals surface area contributed by atoms with Gasteiger partial charge in [-0.3, -0.25) is 14.5 Å². The second-order valence-corrected chi connectivity index (χ2v) is 7.19. The van der Waals surface area contributed by atoms with Crippen molar-refractivity contribution in [1.82, 2.24) is 4.90 Å². The van der Waals surface area contributed by atoms with Crippen LogP contribution in [0.1, 0.15) is 22.3 Å². The first kappa shape index (κ1) is 19.7. The highest BCUT2D eigenvalue weighted by Gasteiger charge is 2.38. The summed E-state index contributed by atoms with van der Waals surface area (Å²) < 4.78 is 13.0. The van der Waals surface area contributed by atoms with Gasteiger partial charge in [0.2, 0.25) is 5.91 Å². The Hall–Kier alpha value is -3.06. The van der Waals surface area contributed by atoms with Crippen molar-refractivity contribution in [2.45, 2.75) is 11.7 Å². The number of rotatable bonds is 7. The first-order chi connectivity index (χ1) is 13.6. The largest absolute Gasteiger partial charge is 0.294 e. The Kier molecular flexibility index (Phi) is 6.49. The van der Waals surface area contributed by atoms with Crippen LogP contribution in [0.3, 0.4) is 0 Å². The van der Waals surface area contributed by atoms with Gasteiger partial charge in [0.15, 0.2) is 11.0 Å². The maximum Gasteiger partial charge on any atom is 0.242 e. The van der Waals surface area contributed by atoms with E-state index in [0.717, 1.165) is 5.56 Å².